The first kappa shape index (κ1) is 21.6. The standard InChI is InChI=1S/C25H32N4O/c1-17(2)16-29-20(5)24(19(4)28-29)15-25(30)27-23-13-11-22(12-14-23)26-18(3)21-9-7-6-8-10-21/h6-14,17-18,26H,15-16H2,1-5H3,(H,27,30). The molecule has 2 aromatic carbocycles. The lowest BCUT2D eigenvalue weighted by Crippen LogP contribution is -2.15. The summed E-state index contributed by atoms with van der Waals surface area (Å²) in [5, 5.41) is 11.1. The average Bonchev–Trinajstić information content (AvgIpc) is 2.97. The third-order valence-electron chi connectivity index (χ3n) is 5.26. The van der Waals surface area contributed by atoms with Gasteiger partial charge in [0.15, 0.2) is 0 Å². The second-order valence-electron chi connectivity index (χ2n) is 8.30. The molecule has 0 bridgehead atoms. The van der Waals surface area contributed by atoms with Gasteiger partial charge in [-0.1, -0.05) is 44.2 Å². The Bertz CT molecular complexity index is 974. The number of anilines is 2. The van der Waals surface area contributed by atoms with Gasteiger partial charge in [0.05, 0.1) is 12.1 Å². The minimum Gasteiger partial charge on any atom is -0.379 e. The third kappa shape index (κ3) is 5.50. The number of benzene rings is 2. The van der Waals surface area contributed by atoms with E-state index in [9.17, 15) is 4.79 Å². The van der Waals surface area contributed by atoms with Crippen LogP contribution in [0.5, 0.6) is 0 Å². The molecule has 0 saturated carbocycles. The molecule has 1 atom stereocenters. The monoisotopic (exact) mass is 404 g/mol. The zero-order valence-electron chi connectivity index (χ0n) is 18.6. The normalized spacial score (nSPS) is 12.1. The zero-order valence-corrected chi connectivity index (χ0v) is 18.6. The van der Waals surface area contributed by atoms with Gasteiger partial charge in [-0.25, -0.2) is 0 Å². The number of rotatable bonds is 8. The number of carbonyl (C=O) groups excluding carboxylic acids is 1. The molecule has 3 aromatic rings. The molecule has 0 saturated heterocycles. The summed E-state index contributed by atoms with van der Waals surface area (Å²) in [5.41, 5.74) is 6.07. The van der Waals surface area contributed by atoms with E-state index < -0.39 is 0 Å². The number of amides is 1. The van der Waals surface area contributed by atoms with Crippen molar-refractivity contribution in [3.05, 3.63) is 77.1 Å². The van der Waals surface area contributed by atoms with Crippen LogP contribution in [0.2, 0.25) is 0 Å². The molecule has 0 spiro atoms. The van der Waals surface area contributed by atoms with Crippen molar-refractivity contribution in [2.24, 2.45) is 5.92 Å². The Morgan fingerprint density at radius 2 is 1.60 bits per heavy atom. The van der Waals surface area contributed by atoms with Crippen LogP contribution in [-0.4, -0.2) is 15.7 Å². The number of hydrogen-bond acceptors (Lipinski definition) is 3. The van der Waals surface area contributed by atoms with Gasteiger partial charge in [-0.2, -0.15) is 5.10 Å². The van der Waals surface area contributed by atoms with Crippen molar-refractivity contribution in [1.29, 1.82) is 0 Å². The van der Waals surface area contributed by atoms with Gasteiger partial charge in [0.2, 0.25) is 5.91 Å². The van der Waals surface area contributed by atoms with Crippen molar-refractivity contribution < 1.29 is 4.79 Å². The summed E-state index contributed by atoms with van der Waals surface area (Å²) >= 11 is 0. The van der Waals surface area contributed by atoms with Gasteiger partial charge in [0.25, 0.3) is 0 Å². The van der Waals surface area contributed by atoms with Crippen molar-refractivity contribution >= 4 is 17.3 Å². The number of hydrogen-bond donors (Lipinski definition) is 2. The highest BCUT2D eigenvalue weighted by Crippen LogP contribution is 2.21. The summed E-state index contributed by atoms with van der Waals surface area (Å²) in [6, 6.07) is 18.4. The average molecular weight is 405 g/mol. The zero-order chi connectivity index (χ0) is 21.7. The molecule has 1 heterocycles. The van der Waals surface area contributed by atoms with Crippen LogP contribution in [0, 0.1) is 19.8 Å². The lowest BCUT2D eigenvalue weighted by Gasteiger charge is -2.16. The second-order valence-corrected chi connectivity index (χ2v) is 8.30. The molecule has 0 fully saturated rings. The number of aryl methyl sites for hydroxylation is 1. The van der Waals surface area contributed by atoms with Gasteiger partial charge in [-0.15, -0.1) is 0 Å². The third-order valence-corrected chi connectivity index (χ3v) is 5.26. The van der Waals surface area contributed by atoms with Crippen LogP contribution in [-0.2, 0) is 17.8 Å². The maximum atomic E-state index is 12.6. The quantitative estimate of drug-likeness (QED) is 0.520. The molecular weight excluding hydrogens is 372 g/mol. The summed E-state index contributed by atoms with van der Waals surface area (Å²) in [5.74, 6) is 0.491. The van der Waals surface area contributed by atoms with Crippen LogP contribution in [0.3, 0.4) is 0 Å². The first-order valence-electron chi connectivity index (χ1n) is 10.6. The van der Waals surface area contributed by atoms with Crippen LogP contribution < -0.4 is 10.6 Å². The van der Waals surface area contributed by atoms with Crippen LogP contribution in [0.4, 0.5) is 11.4 Å². The molecule has 30 heavy (non-hydrogen) atoms. The van der Waals surface area contributed by atoms with Crippen LogP contribution in [0.1, 0.15) is 49.3 Å². The summed E-state index contributed by atoms with van der Waals surface area (Å²) in [7, 11) is 0. The van der Waals surface area contributed by atoms with E-state index in [0.717, 1.165) is 34.9 Å². The molecule has 0 aliphatic heterocycles. The van der Waals surface area contributed by atoms with Crippen molar-refractivity contribution in [3.8, 4) is 0 Å². The van der Waals surface area contributed by atoms with E-state index in [1.165, 1.54) is 5.56 Å². The second kappa shape index (κ2) is 9.61. The molecule has 1 amide bonds. The summed E-state index contributed by atoms with van der Waals surface area (Å²) in [6.07, 6.45) is 0.334. The summed E-state index contributed by atoms with van der Waals surface area (Å²) in [6.45, 7) is 11.4. The van der Waals surface area contributed by atoms with Crippen molar-refractivity contribution in [3.63, 3.8) is 0 Å². The Morgan fingerprint density at radius 3 is 2.23 bits per heavy atom. The van der Waals surface area contributed by atoms with E-state index >= 15 is 0 Å². The molecule has 3 rings (SSSR count). The Kier molecular flexibility index (Phi) is 6.93. The lowest BCUT2D eigenvalue weighted by molar-refractivity contribution is -0.115. The molecule has 0 radical (unpaired) electrons. The maximum absolute atomic E-state index is 12.6. The van der Waals surface area contributed by atoms with E-state index in [1.54, 1.807) is 0 Å². The molecule has 1 unspecified atom stereocenters. The fourth-order valence-electron chi connectivity index (χ4n) is 3.60. The fourth-order valence-corrected chi connectivity index (χ4v) is 3.60. The van der Waals surface area contributed by atoms with Gasteiger partial charge in [-0.3, -0.25) is 9.48 Å². The minimum absolute atomic E-state index is 0.0244. The predicted octanol–water partition coefficient (Wildman–Crippen LogP) is 5.51. The molecule has 0 aliphatic rings. The molecular formula is C25H32N4O. The minimum atomic E-state index is -0.0244. The van der Waals surface area contributed by atoms with E-state index in [-0.39, 0.29) is 11.9 Å². The van der Waals surface area contributed by atoms with Crippen LogP contribution in [0.15, 0.2) is 54.6 Å². The van der Waals surface area contributed by atoms with Crippen molar-refractivity contribution in [2.75, 3.05) is 10.6 Å². The van der Waals surface area contributed by atoms with Crippen molar-refractivity contribution in [2.45, 2.75) is 53.6 Å². The first-order valence-corrected chi connectivity index (χ1v) is 10.6. The van der Waals surface area contributed by atoms with E-state index in [4.69, 9.17) is 0 Å². The number of nitrogens with zero attached hydrogens (tertiary/aromatic N) is 2. The van der Waals surface area contributed by atoms with Crippen molar-refractivity contribution in [1.82, 2.24) is 9.78 Å². The molecule has 1 aromatic heterocycles. The number of carbonyl (C=O) groups is 1. The van der Waals surface area contributed by atoms with Gasteiger partial charge in [-0.05, 0) is 56.5 Å². The highest BCUT2D eigenvalue weighted by molar-refractivity contribution is 5.92. The lowest BCUT2D eigenvalue weighted by atomic mass is 10.1. The van der Waals surface area contributed by atoms with E-state index in [0.29, 0.717) is 12.3 Å². The summed E-state index contributed by atoms with van der Waals surface area (Å²) < 4.78 is 2.01. The Morgan fingerprint density at radius 1 is 0.967 bits per heavy atom. The first-order chi connectivity index (χ1) is 14.3. The van der Waals surface area contributed by atoms with Crippen LogP contribution in [0.25, 0.3) is 0 Å². The summed E-state index contributed by atoms with van der Waals surface area (Å²) in [4.78, 5) is 12.6. The largest absolute Gasteiger partial charge is 0.379 e. The molecule has 2 N–H and O–H groups in total. The SMILES string of the molecule is Cc1nn(CC(C)C)c(C)c1CC(=O)Nc1ccc(NC(C)c2ccccc2)cc1. The topological polar surface area (TPSA) is 59.0 Å². The van der Waals surface area contributed by atoms with Gasteiger partial charge in [0, 0.05) is 35.2 Å². The highest BCUT2D eigenvalue weighted by atomic mass is 16.1. The number of nitrogens with one attached hydrogen (secondary N) is 2. The van der Waals surface area contributed by atoms with Gasteiger partial charge < -0.3 is 10.6 Å². The Labute approximate surface area is 179 Å². The van der Waals surface area contributed by atoms with E-state index in [1.807, 2.05) is 61.0 Å². The van der Waals surface area contributed by atoms with Gasteiger partial charge >= 0.3 is 0 Å². The van der Waals surface area contributed by atoms with E-state index in [2.05, 4.69) is 48.6 Å². The van der Waals surface area contributed by atoms with Crippen LogP contribution >= 0.6 is 0 Å². The Balaban J connectivity index is 1.59. The molecule has 5 heteroatoms. The Hall–Kier alpha value is -3.08. The molecule has 5 nitrogen and oxygen atoms in total. The molecule has 0 aliphatic carbocycles. The highest BCUT2D eigenvalue weighted by Gasteiger charge is 2.16. The fraction of sp³-hybridized carbons (Fsp3) is 0.360. The smallest absolute Gasteiger partial charge is 0.228 e. The number of aromatic nitrogens is 2. The molecule has 158 valence electrons. The maximum Gasteiger partial charge on any atom is 0.228 e. The van der Waals surface area contributed by atoms with Gasteiger partial charge in [0.1, 0.15) is 0 Å². The predicted molar refractivity (Wildman–Crippen MR) is 124 cm³/mol.